The molecule has 1 heterocycles. The third-order valence-electron chi connectivity index (χ3n) is 3.92. The first-order valence-corrected chi connectivity index (χ1v) is 6.70. The number of nitrogens with two attached hydrogens (primary N) is 1. The molecule has 0 amide bonds. The molecular formula is C15H23NO. The molecule has 2 rings (SSSR count). The van der Waals surface area contributed by atoms with E-state index in [0.29, 0.717) is 6.10 Å². The molecule has 0 saturated carbocycles. The maximum absolute atomic E-state index is 6.54. The van der Waals surface area contributed by atoms with Gasteiger partial charge in [-0.2, -0.15) is 0 Å². The van der Waals surface area contributed by atoms with E-state index in [1.807, 2.05) is 6.07 Å². The molecule has 2 heteroatoms. The molecule has 1 aromatic rings. The second-order valence-electron chi connectivity index (χ2n) is 5.05. The third-order valence-corrected chi connectivity index (χ3v) is 3.92. The summed E-state index contributed by atoms with van der Waals surface area (Å²) < 4.78 is 5.67. The summed E-state index contributed by atoms with van der Waals surface area (Å²) in [5, 5.41) is 0. The van der Waals surface area contributed by atoms with Crippen molar-refractivity contribution >= 4 is 0 Å². The smallest absolute Gasteiger partial charge is 0.0576 e. The van der Waals surface area contributed by atoms with Crippen LogP contribution in [0.3, 0.4) is 0 Å². The van der Waals surface area contributed by atoms with E-state index in [1.54, 1.807) is 0 Å². The predicted octanol–water partition coefficient (Wildman–Crippen LogP) is 3.21. The van der Waals surface area contributed by atoms with Gasteiger partial charge in [-0.1, -0.05) is 37.3 Å². The van der Waals surface area contributed by atoms with E-state index >= 15 is 0 Å². The zero-order valence-electron chi connectivity index (χ0n) is 10.7. The molecule has 1 aliphatic heterocycles. The van der Waals surface area contributed by atoms with Crippen LogP contribution in [0.4, 0.5) is 0 Å². The molecule has 17 heavy (non-hydrogen) atoms. The zero-order chi connectivity index (χ0) is 12.1. The molecule has 1 aromatic carbocycles. The van der Waals surface area contributed by atoms with Crippen LogP contribution in [0, 0.1) is 0 Å². The van der Waals surface area contributed by atoms with E-state index in [1.165, 1.54) is 18.4 Å². The number of ether oxygens (including phenoxy) is 1. The van der Waals surface area contributed by atoms with Crippen LogP contribution in [-0.2, 0) is 10.3 Å². The molecule has 2 unspecified atom stereocenters. The van der Waals surface area contributed by atoms with Gasteiger partial charge in [-0.15, -0.1) is 0 Å². The fraction of sp³-hybridized carbons (Fsp3) is 0.600. The Labute approximate surface area is 104 Å². The summed E-state index contributed by atoms with van der Waals surface area (Å²) in [5.74, 6) is 0. The van der Waals surface area contributed by atoms with Gasteiger partial charge < -0.3 is 10.5 Å². The van der Waals surface area contributed by atoms with Crippen molar-refractivity contribution in [2.24, 2.45) is 5.73 Å². The Morgan fingerprint density at radius 3 is 2.71 bits per heavy atom. The molecule has 1 saturated heterocycles. The van der Waals surface area contributed by atoms with Gasteiger partial charge in [0.1, 0.15) is 0 Å². The summed E-state index contributed by atoms with van der Waals surface area (Å²) in [6, 6.07) is 10.5. The molecule has 2 atom stereocenters. The normalized spacial score (nSPS) is 23.5. The molecule has 0 spiro atoms. The molecule has 0 radical (unpaired) electrons. The first-order valence-electron chi connectivity index (χ1n) is 6.70. The van der Waals surface area contributed by atoms with Crippen LogP contribution in [0.1, 0.15) is 44.6 Å². The fourth-order valence-corrected chi connectivity index (χ4v) is 2.59. The Morgan fingerprint density at radius 1 is 1.35 bits per heavy atom. The molecule has 2 nitrogen and oxygen atoms in total. The molecule has 0 aliphatic carbocycles. The van der Waals surface area contributed by atoms with Gasteiger partial charge >= 0.3 is 0 Å². The topological polar surface area (TPSA) is 35.2 Å². The third kappa shape index (κ3) is 3.08. The van der Waals surface area contributed by atoms with Crippen LogP contribution >= 0.6 is 0 Å². The molecular weight excluding hydrogens is 210 g/mol. The minimum absolute atomic E-state index is 0.187. The predicted molar refractivity (Wildman–Crippen MR) is 70.8 cm³/mol. The van der Waals surface area contributed by atoms with Crippen LogP contribution in [0.25, 0.3) is 0 Å². The Balaban J connectivity index is 1.98. The number of benzene rings is 1. The van der Waals surface area contributed by atoms with Crippen molar-refractivity contribution in [3.63, 3.8) is 0 Å². The minimum atomic E-state index is -0.187. The van der Waals surface area contributed by atoms with Crippen molar-refractivity contribution in [2.45, 2.75) is 50.7 Å². The number of hydrogen-bond acceptors (Lipinski definition) is 2. The standard InChI is InChI=1S/C15H23NO/c1-2-15(16,13-7-4-3-5-8-13)11-10-14-9-6-12-17-14/h3-5,7-8,14H,2,6,9-12,16H2,1H3. The van der Waals surface area contributed by atoms with Gasteiger partial charge in [0.05, 0.1) is 6.10 Å². The Morgan fingerprint density at radius 2 is 2.12 bits per heavy atom. The monoisotopic (exact) mass is 233 g/mol. The van der Waals surface area contributed by atoms with Crippen LogP contribution in [-0.4, -0.2) is 12.7 Å². The number of rotatable bonds is 5. The highest BCUT2D eigenvalue weighted by atomic mass is 16.5. The Bertz CT molecular complexity index is 332. The highest BCUT2D eigenvalue weighted by Gasteiger charge is 2.27. The van der Waals surface area contributed by atoms with Gasteiger partial charge in [0.15, 0.2) is 0 Å². The van der Waals surface area contributed by atoms with Crippen molar-refractivity contribution in [3.05, 3.63) is 35.9 Å². The maximum atomic E-state index is 6.54. The second kappa shape index (κ2) is 5.65. The first kappa shape index (κ1) is 12.6. The lowest BCUT2D eigenvalue weighted by Gasteiger charge is -2.30. The van der Waals surface area contributed by atoms with E-state index in [4.69, 9.17) is 10.5 Å². The van der Waals surface area contributed by atoms with E-state index < -0.39 is 0 Å². The fourth-order valence-electron chi connectivity index (χ4n) is 2.59. The van der Waals surface area contributed by atoms with Gasteiger partial charge in [0.2, 0.25) is 0 Å². The molecule has 2 N–H and O–H groups in total. The summed E-state index contributed by atoms with van der Waals surface area (Å²) in [4.78, 5) is 0. The lowest BCUT2D eigenvalue weighted by atomic mass is 9.83. The van der Waals surface area contributed by atoms with Crippen molar-refractivity contribution in [2.75, 3.05) is 6.61 Å². The molecule has 0 aromatic heterocycles. The molecule has 0 bridgehead atoms. The lowest BCUT2D eigenvalue weighted by molar-refractivity contribution is 0.0953. The largest absolute Gasteiger partial charge is 0.378 e. The average Bonchev–Trinajstić information content (AvgIpc) is 2.90. The molecule has 1 fully saturated rings. The van der Waals surface area contributed by atoms with Crippen molar-refractivity contribution in [1.29, 1.82) is 0 Å². The van der Waals surface area contributed by atoms with Gasteiger partial charge in [0.25, 0.3) is 0 Å². The van der Waals surface area contributed by atoms with Crippen molar-refractivity contribution < 1.29 is 4.74 Å². The first-order chi connectivity index (χ1) is 8.24. The van der Waals surface area contributed by atoms with Crippen LogP contribution in [0.2, 0.25) is 0 Å². The highest BCUT2D eigenvalue weighted by molar-refractivity contribution is 5.23. The SMILES string of the molecule is CCC(N)(CCC1CCCO1)c1ccccc1. The average molecular weight is 233 g/mol. The lowest BCUT2D eigenvalue weighted by Crippen LogP contribution is -2.36. The Kier molecular flexibility index (Phi) is 4.19. The summed E-state index contributed by atoms with van der Waals surface area (Å²) in [6.07, 6.45) is 5.92. The zero-order valence-corrected chi connectivity index (χ0v) is 10.7. The number of hydrogen-bond donors (Lipinski definition) is 1. The highest BCUT2D eigenvalue weighted by Crippen LogP contribution is 2.29. The summed E-state index contributed by atoms with van der Waals surface area (Å²) in [6.45, 7) is 3.10. The van der Waals surface area contributed by atoms with Crippen molar-refractivity contribution in [3.8, 4) is 0 Å². The van der Waals surface area contributed by atoms with E-state index in [2.05, 4.69) is 31.2 Å². The maximum Gasteiger partial charge on any atom is 0.0576 e. The van der Waals surface area contributed by atoms with Gasteiger partial charge in [-0.05, 0) is 37.7 Å². The Hall–Kier alpha value is -0.860. The van der Waals surface area contributed by atoms with Gasteiger partial charge in [0, 0.05) is 12.1 Å². The summed E-state index contributed by atoms with van der Waals surface area (Å²) in [7, 11) is 0. The molecule has 1 aliphatic rings. The second-order valence-corrected chi connectivity index (χ2v) is 5.05. The van der Waals surface area contributed by atoms with Crippen LogP contribution in [0.15, 0.2) is 30.3 Å². The van der Waals surface area contributed by atoms with Crippen molar-refractivity contribution in [1.82, 2.24) is 0 Å². The summed E-state index contributed by atoms with van der Waals surface area (Å²) in [5.41, 5.74) is 7.60. The van der Waals surface area contributed by atoms with Gasteiger partial charge in [-0.25, -0.2) is 0 Å². The molecule has 94 valence electrons. The van der Waals surface area contributed by atoms with E-state index in [-0.39, 0.29) is 5.54 Å². The van der Waals surface area contributed by atoms with Crippen LogP contribution in [0.5, 0.6) is 0 Å². The van der Waals surface area contributed by atoms with E-state index in [0.717, 1.165) is 25.9 Å². The summed E-state index contributed by atoms with van der Waals surface area (Å²) >= 11 is 0. The van der Waals surface area contributed by atoms with E-state index in [9.17, 15) is 0 Å². The minimum Gasteiger partial charge on any atom is -0.378 e. The van der Waals surface area contributed by atoms with Crippen LogP contribution < -0.4 is 5.73 Å². The van der Waals surface area contributed by atoms with Gasteiger partial charge in [-0.3, -0.25) is 0 Å². The quantitative estimate of drug-likeness (QED) is 0.847.